The van der Waals surface area contributed by atoms with Crippen LogP contribution in [0, 0.1) is 0 Å². The quantitative estimate of drug-likeness (QED) is 0.0261. The first-order valence-corrected chi connectivity index (χ1v) is 30.9. The minimum absolute atomic E-state index is 0.0915. The van der Waals surface area contributed by atoms with E-state index in [0.717, 1.165) is 109 Å². The van der Waals surface area contributed by atoms with Gasteiger partial charge in [-0.1, -0.05) is 265 Å². The Kier molecular flexibility index (Phi) is 58.3. The molecule has 422 valence electrons. The van der Waals surface area contributed by atoms with Crippen LogP contribution >= 0.6 is 0 Å². The summed E-state index contributed by atoms with van der Waals surface area (Å²) in [7, 11) is 0. The smallest absolute Gasteiger partial charge is 0.306 e. The molecule has 0 heterocycles. The number of esters is 3. The molecule has 0 aromatic rings. The zero-order valence-corrected chi connectivity index (χ0v) is 48.3. The van der Waals surface area contributed by atoms with Gasteiger partial charge in [0.25, 0.3) is 0 Å². The Morgan fingerprint density at radius 1 is 0.284 bits per heavy atom. The molecule has 1 atom stereocenters. The van der Waals surface area contributed by atoms with Crippen molar-refractivity contribution in [2.45, 2.75) is 290 Å². The van der Waals surface area contributed by atoms with E-state index in [1.165, 1.54) is 135 Å². The monoisotopic (exact) mass is 1030 g/mol. The minimum atomic E-state index is -0.797. The highest BCUT2D eigenvalue weighted by Crippen LogP contribution is 2.15. The molecule has 0 amide bonds. The highest BCUT2D eigenvalue weighted by Gasteiger charge is 2.19. The van der Waals surface area contributed by atoms with Gasteiger partial charge in [-0.25, -0.2) is 0 Å². The first-order valence-electron chi connectivity index (χ1n) is 30.9. The number of allylic oxidation sites excluding steroid dienone is 18. The van der Waals surface area contributed by atoms with Crippen molar-refractivity contribution < 1.29 is 28.6 Å². The highest BCUT2D eigenvalue weighted by atomic mass is 16.6. The van der Waals surface area contributed by atoms with Gasteiger partial charge in [-0.15, -0.1) is 0 Å². The van der Waals surface area contributed by atoms with Crippen molar-refractivity contribution >= 4 is 17.9 Å². The Labute approximate surface area is 457 Å². The zero-order valence-electron chi connectivity index (χ0n) is 48.3. The average molecular weight is 1030 g/mol. The van der Waals surface area contributed by atoms with Gasteiger partial charge in [-0.05, 0) is 109 Å². The van der Waals surface area contributed by atoms with Crippen LogP contribution in [-0.2, 0) is 28.6 Å². The Morgan fingerprint density at radius 3 is 0.865 bits per heavy atom. The normalized spacial score (nSPS) is 12.9. The summed E-state index contributed by atoms with van der Waals surface area (Å²) < 4.78 is 16.8. The SMILES string of the molecule is CC/C=C\C/C=C\C/C=C\C/C=C\C/C=C\C/C=C\C/C=C\C/C=C\CCCCC(=O)OCC(COC(=O)CCCCCCCCCCCC)OC(=O)CCCCCCCCCCC/C=C\CCCCCCCC. The lowest BCUT2D eigenvalue weighted by Gasteiger charge is -2.18. The van der Waals surface area contributed by atoms with Crippen LogP contribution in [0.3, 0.4) is 0 Å². The molecule has 0 bridgehead atoms. The fourth-order valence-corrected chi connectivity index (χ4v) is 8.39. The van der Waals surface area contributed by atoms with Gasteiger partial charge in [-0.2, -0.15) is 0 Å². The molecule has 6 heteroatoms. The van der Waals surface area contributed by atoms with Gasteiger partial charge >= 0.3 is 17.9 Å². The summed E-state index contributed by atoms with van der Waals surface area (Å²) in [6.45, 7) is 6.48. The third-order valence-corrected chi connectivity index (χ3v) is 13.0. The molecule has 0 saturated heterocycles. The van der Waals surface area contributed by atoms with Gasteiger partial charge in [0, 0.05) is 19.3 Å². The summed E-state index contributed by atoms with van der Waals surface area (Å²) in [6, 6.07) is 0. The van der Waals surface area contributed by atoms with Crippen molar-refractivity contribution in [2.24, 2.45) is 0 Å². The Hall–Kier alpha value is -3.93. The first kappa shape index (κ1) is 70.1. The number of rotatable bonds is 55. The third kappa shape index (κ3) is 59.0. The van der Waals surface area contributed by atoms with E-state index in [2.05, 4.69) is 130 Å². The average Bonchev–Trinajstić information content (AvgIpc) is 3.40. The maximum absolute atomic E-state index is 12.9. The summed E-state index contributed by atoms with van der Waals surface area (Å²) in [5.74, 6) is -0.936. The molecule has 0 N–H and O–H groups in total. The van der Waals surface area contributed by atoms with Crippen molar-refractivity contribution in [2.75, 3.05) is 13.2 Å². The molecule has 0 aromatic carbocycles. The van der Waals surface area contributed by atoms with Crippen LogP contribution in [0.15, 0.2) is 109 Å². The van der Waals surface area contributed by atoms with Crippen molar-refractivity contribution in [1.82, 2.24) is 0 Å². The van der Waals surface area contributed by atoms with E-state index in [9.17, 15) is 14.4 Å². The molecule has 0 fully saturated rings. The van der Waals surface area contributed by atoms with Gasteiger partial charge in [0.2, 0.25) is 0 Å². The van der Waals surface area contributed by atoms with Gasteiger partial charge in [-0.3, -0.25) is 14.4 Å². The highest BCUT2D eigenvalue weighted by molar-refractivity contribution is 5.71. The maximum Gasteiger partial charge on any atom is 0.306 e. The summed E-state index contributed by atoms with van der Waals surface area (Å²) in [5.41, 5.74) is 0. The topological polar surface area (TPSA) is 78.9 Å². The molecule has 1 unspecified atom stereocenters. The molecule has 0 aliphatic carbocycles. The summed E-state index contributed by atoms with van der Waals surface area (Å²) in [5, 5.41) is 0. The number of hydrogen-bond acceptors (Lipinski definition) is 6. The Bertz CT molecular complexity index is 1510. The maximum atomic E-state index is 12.9. The molecule has 0 spiro atoms. The van der Waals surface area contributed by atoms with Crippen LogP contribution in [0.4, 0.5) is 0 Å². The molecule has 0 aliphatic rings. The van der Waals surface area contributed by atoms with Gasteiger partial charge < -0.3 is 14.2 Å². The third-order valence-electron chi connectivity index (χ3n) is 13.0. The number of hydrogen-bond donors (Lipinski definition) is 0. The van der Waals surface area contributed by atoms with E-state index < -0.39 is 6.10 Å². The second-order valence-electron chi connectivity index (χ2n) is 20.2. The van der Waals surface area contributed by atoms with Crippen molar-refractivity contribution in [3.05, 3.63) is 109 Å². The molecule has 74 heavy (non-hydrogen) atoms. The van der Waals surface area contributed by atoms with Crippen LogP contribution in [0.2, 0.25) is 0 Å². The van der Waals surface area contributed by atoms with Crippen LogP contribution in [-0.4, -0.2) is 37.2 Å². The first-order chi connectivity index (χ1) is 36.5. The summed E-state index contributed by atoms with van der Waals surface area (Å²) in [6.07, 6.45) is 83.8. The standard InChI is InChI=1S/C68H114O6/c1-4-7-10-13-16-19-22-24-26-28-30-31-32-33-34-35-36-37-39-40-42-44-46-49-52-55-58-61-67(70)73-64-65(63-72-66(69)60-57-54-51-48-21-18-15-12-9-6-3)74-68(71)62-59-56-53-50-47-45-43-41-38-29-27-25-23-20-17-14-11-8-5-2/h7,10,16,19,24-27,30-31,33-34,36-37,40,42,46,49,65H,4-6,8-9,11-15,17-18,20-23,28-29,32,35,38-39,41,43-45,47-48,50-64H2,1-3H3/b10-7-,19-16-,26-24-,27-25-,31-30-,34-33-,37-36-,42-40-,49-46-. The van der Waals surface area contributed by atoms with Crippen molar-refractivity contribution in [3.8, 4) is 0 Å². The van der Waals surface area contributed by atoms with Crippen LogP contribution in [0.5, 0.6) is 0 Å². The van der Waals surface area contributed by atoms with Crippen molar-refractivity contribution in [1.29, 1.82) is 0 Å². The predicted molar refractivity (Wildman–Crippen MR) is 320 cm³/mol. The zero-order chi connectivity index (χ0) is 53.6. The summed E-state index contributed by atoms with van der Waals surface area (Å²) in [4.78, 5) is 38.2. The largest absolute Gasteiger partial charge is 0.462 e. The van der Waals surface area contributed by atoms with Crippen LogP contribution in [0.1, 0.15) is 284 Å². The van der Waals surface area contributed by atoms with Crippen molar-refractivity contribution in [3.63, 3.8) is 0 Å². The number of carbonyl (C=O) groups is 3. The molecular weight excluding hydrogens is 913 g/mol. The molecular formula is C68H114O6. The van der Waals surface area contributed by atoms with E-state index in [1.807, 2.05) is 0 Å². The van der Waals surface area contributed by atoms with E-state index in [1.54, 1.807) is 0 Å². The Morgan fingerprint density at radius 2 is 0.527 bits per heavy atom. The van der Waals surface area contributed by atoms with Crippen LogP contribution in [0.25, 0.3) is 0 Å². The molecule has 0 aliphatic heterocycles. The molecule has 0 radical (unpaired) electrons. The van der Waals surface area contributed by atoms with E-state index in [-0.39, 0.29) is 31.1 Å². The van der Waals surface area contributed by atoms with E-state index in [4.69, 9.17) is 14.2 Å². The second kappa shape index (κ2) is 61.6. The van der Waals surface area contributed by atoms with Gasteiger partial charge in [0.1, 0.15) is 13.2 Å². The fourth-order valence-electron chi connectivity index (χ4n) is 8.39. The molecule has 0 aromatic heterocycles. The lowest BCUT2D eigenvalue weighted by Crippen LogP contribution is -2.30. The van der Waals surface area contributed by atoms with Gasteiger partial charge in [0.05, 0.1) is 0 Å². The molecule has 0 rings (SSSR count). The predicted octanol–water partition coefficient (Wildman–Crippen LogP) is 21.0. The lowest BCUT2D eigenvalue weighted by molar-refractivity contribution is -0.167. The molecule has 6 nitrogen and oxygen atoms in total. The number of ether oxygens (including phenoxy) is 3. The minimum Gasteiger partial charge on any atom is -0.462 e. The van der Waals surface area contributed by atoms with Crippen LogP contribution < -0.4 is 0 Å². The fraction of sp³-hybridized carbons (Fsp3) is 0.691. The van der Waals surface area contributed by atoms with E-state index >= 15 is 0 Å². The Balaban J connectivity index is 4.37. The second-order valence-corrected chi connectivity index (χ2v) is 20.2. The lowest BCUT2D eigenvalue weighted by atomic mass is 10.1. The molecule has 0 saturated carbocycles. The number of carbonyl (C=O) groups excluding carboxylic acids is 3. The van der Waals surface area contributed by atoms with E-state index in [0.29, 0.717) is 19.3 Å². The number of unbranched alkanes of at least 4 members (excludes halogenated alkanes) is 26. The summed E-state index contributed by atoms with van der Waals surface area (Å²) >= 11 is 0. The van der Waals surface area contributed by atoms with Gasteiger partial charge in [0.15, 0.2) is 6.10 Å².